The molecule has 0 bridgehead atoms. The number of hydrogen-bond acceptors (Lipinski definition) is 12. The molecule has 0 saturated heterocycles. The highest BCUT2D eigenvalue weighted by Crippen LogP contribution is 2.54. The van der Waals surface area contributed by atoms with Crippen LogP contribution < -0.4 is 0 Å². The van der Waals surface area contributed by atoms with Gasteiger partial charge in [0, 0.05) is 0 Å². The van der Waals surface area contributed by atoms with E-state index in [4.69, 9.17) is 52.5 Å². The van der Waals surface area contributed by atoms with E-state index in [2.05, 4.69) is 0 Å². The molecule has 0 fully saturated rings. The monoisotopic (exact) mass is 820 g/mol. The molecule has 0 saturated carbocycles. The summed E-state index contributed by atoms with van der Waals surface area (Å²) in [6.45, 7) is 51.4. The van der Waals surface area contributed by atoms with Crippen molar-refractivity contribution in [3.63, 3.8) is 0 Å². The van der Waals surface area contributed by atoms with Gasteiger partial charge >= 0.3 is 35.7 Å². The molecule has 0 aliphatic rings. The summed E-state index contributed by atoms with van der Waals surface area (Å²) in [6, 6.07) is 0. The van der Waals surface area contributed by atoms with Gasteiger partial charge in [-0.15, -0.1) is 0 Å². The second kappa shape index (κ2) is 17.2. The van der Waals surface area contributed by atoms with Crippen LogP contribution in [0.1, 0.15) is 187 Å². The third-order valence-electron chi connectivity index (χ3n) is 4.44. The Bertz CT molecular complexity index is 832. The second-order valence-electron chi connectivity index (χ2n) is 21.9. The molecule has 16 heteroatoms. The molecule has 0 aromatic heterocycles. The fourth-order valence-corrected chi connectivity index (χ4v) is 16.2. The summed E-state index contributed by atoms with van der Waals surface area (Å²) in [5, 5.41) is 0. The summed E-state index contributed by atoms with van der Waals surface area (Å²) in [6.07, 6.45) is 0. The smallest absolute Gasteiger partial charge is 0.346 e. The topological polar surface area (TPSA) is 111 Å². The normalized spacial score (nSPS) is 15.9. The maximum absolute atomic E-state index is 7.05. The summed E-state index contributed by atoms with van der Waals surface area (Å²) >= 11 is 0. The Morgan fingerprint density at radius 2 is 0.308 bits per heavy atom. The minimum Gasteiger partial charge on any atom is -0.346 e. The molecule has 0 radical (unpaired) electrons. The first-order valence-electron chi connectivity index (χ1n) is 18.3. The van der Waals surface area contributed by atoms with Crippen LogP contribution in [0, 0.1) is 0 Å². The van der Waals surface area contributed by atoms with Gasteiger partial charge in [0.25, 0.3) is 0 Å². The molecule has 0 aliphatic heterocycles. The summed E-state index contributed by atoms with van der Waals surface area (Å²) in [7, 11) is -15.7. The van der Waals surface area contributed by atoms with E-state index < -0.39 is 86.2 Å². The largest absolute Gasteiger partial charge is 0.687 e. The Morgan fingerprint density at radius 1 is 0.212 bits per heavy atom. The van der Waals surface area contributed by atoms with Gasteiger partial charge in [-0.3, -0.25) is 12.6 Å². The standard InChI is InChI=1S/C36H81O12PSi3/c1-28(2,3)37-50(38-29(4,5)6,39-30(7,8)9)46-49(47-51(40-31(10,11)12,41-32(13,14)15)42-33(16,17)18)48-52(43-34(19,20)21,44-35(22,23)24)45-36(25,26)27/h1-27H3. The maximum atomic E-state index is 7.05. The van der Waals surface area contributed by atoms with Crippen molar-refractivity contribution < 1.29 is 52.5 Å². The molecular weight excluding hydrogens is 740 g/mol. The maximum Gasteiger partial charge on any atom is 0.687 e. The highest BCUT2D eigenvalue weighted by molar-refractivity contribution is 7.46. The van der Waals surface area contributed by atoms with Crippen LogP contribution in [0.4, 0.5) is 0 Å². The zero-order valence-corrected chi connectivity index (χ0v) is 42.2. The van der Waals surface area contributed by atoms with E-state index >= 15 is 0 Å². The molecule has 314 valence electrons. The number of hydrogen-bond donors (Lipinski definition) is 0. The van der Waals surface area contributed by atoms with Crippen LogP contribution in [0.3, 0.4) is 0 Å². The second-order valence-corrected chi connectivity index (χ2v) is 29.4. The Balaban J connectivity index is 8.46. The van der Waals surface area contributed by atoms with Crippen molar-refractivity contribution in [2.75, 3.05) is 0 Å². The Hall–Kier alpha value is 0.601. The first-order valence-corrected chi connectivity index (χ1v) is 24.3. The molecule has 0 atom stereocenters. The van der Waals surface area contributed by atoms with E-state index in [0.29, 0.717) is 0 Å². The lowest BCUT2D eigenvalue weighted by molar-refractivity contribution is -0.132. The molecular formula is C36H81O12PSi3. The molecule has 0 N–H and O–H groups in total. The van der Waals surface area contributed by atoms with Crippen molar-refractivity contribution in [1.29, 1.82) is 0 Å². The van der Waals surface area contributed by atoms with Gasteiger partial charge in [0.1, 0.15) is 0 Å². The molecule has 0 aromatic carbocycles. The van der Waals surface area contributed by atoms with Crippen molar-refractivity contribution in [2.24, 2.45) is 0 Å². The summed E-state index contributed by atoms with van der Waals surface area (Å²) in [4.78, 5) is 0. The van der Waals surface area contributed by atoms with Crippen LogP contribution >= 0.6 is 8.60 Å². The quantitative estimate of drug-likeness (QED) is 0.116. The molecule has 0 spiro atoms. The van der Waals surface area contributed by atoms with Crippen LogP contribution in [0.2, 0.25) is 0 Å². The molecule has 12 nitrogen and oxygen atoms in total. The van der Waals surface area contributed by atoms with Gasteiger partial charge in [0.15, 0.2) is 0 Å². The lowest BCUT2D eigenvalue weighted by atomic mass is 10.2. The Kier molecular flexibility index (Phi) is 17.4. The Morgan fingerprint density at radius 3 is 0.385 bits per heavy atom. The molecule has 0 unspecified atom stereocenters. The average Bonchev–Trinajstić information content (AvgIpc) is 2.59. The molecule has 52 heavy (non-hydrogen) atoms. The van der Waals surface area contributed by atoms with Gasteiger partial charge in [0.05, 0.1) is 50.4 Å². The fourth-order valence-electron chi connectivity index (χ4n) is 4.06. The van der Waals surface area contributed by atoms with Crippen molar-refractivity contribution in [2.45, 2.75) is 237 Å². The van der Waals surface area contributed by atoms with Crippen molar-refractivity contribution in [3.05, 3.63) is 0 Å². The fraction of sp³-hybridized carbons (Fsp3) is 1.00. The van der Waals surface area contributed by atoms with Crippen LogP contribution in [-0.2, 0) is 52.5 Å². The van der Waals surface area contributed by atoms with E-state index in [-0.39, 0.29) is 0 Å². The molecule has 0 aromatic rings. The van der Waals surface area contributed by atoms with Gasteiger partial charge in [-0.05, 0) is 187 Å². The third-order valence-corrected chi connectivity index (χ3v) is 16.7. The first kappa shape index (κ1) is 52.6. The molecule has 0 amide bonds. The SMILES string of the molecule is CC(C)(C)O[Si](OP(O[Si](OC(C)(C)C)(OC(C)(C)C)OC(C)(C)C)O[Si](OC(C)(C)C)(OC(C)(C)C)OC(C)(C)C)(OC(C)(C)C)OC(C)(C)C. The molecule has 0 aliphatic carbocycles. The van der Waals surface area contributed by atoms with Crippen molar-refractivity contribution in [3.8, 4) is 0 Å². The van der Waals surface area contributed by atoms with Crippen LogP contribution in [0.25, 0.3) is 0 Å². The summed E-state index contributed by atoms with van der Waals surface area (Å²) in [5.41, 5.74) is -7.21. The van der Waals surface area contributed by atoms with Gasteiger partial charge in [-0.1, -0.05) is 0 Å². The van der Waals surface area contributed by atoms with Gasteiger partial charge in [-0.25, -0.2) is 0 Å². The summed E-state index contributed by atoms with van der Waals surface area (Å²) < 4.78 is 82.0. The van der Waals surface area contributed by atoms with E-state index in [0.717, 1.165) is 0 Å². The molecule has 0 rings (SSSR count). The predicted molar refractivity (Wildman–Crippen MR) is 215 cm³/mol. The zero-order valence-electron chi connectivity index (χ0n) is 38.3. The van der Waals surface area contributed by atoms with E-state index in [1.807, 2.05) is 187 Å². The number of rotatable bonds is 15. The van der Waals surface area contributed by atoms with Gasteiger partial charge in [0.2, 0.25) is 0 Å². The highest BCUT2D eigenvalue weighted by atomic mass is 31.2. The first-order chi connectivity index (χ1) is 22.1. The van der Waals surface area contributed by atoms with E-state index in [1.54, 1.807) is 0 Å². The van der Waals surface area contributed by atoms with Gasteiger partial charge < -0.3 is 39.8 Å². The third kappa shape index (κ3) is 25.7. The lowest BCUT2D eigenvalue weighted by Gasteiger charge is -2.46. The summed E-state index contributed by atoms with van der Waals surface area (Å²) in [5.74, 6) is 0. The van der Waals surface area contributed by atoms with Crippen LogP contribution in [0.5, 0.6) is 0 Å². The van der Waals surface area contributed by atoms with E-state index in [1.165, 1.54) is 0 Å². The Labute approximate surface area is 324 Å². The highest BCUT2D eigenvalue weighted by Gasteiger charge is 2.65. The van der Waals surface area contributed by atoms with Crippen LogP contribution in [-0.4, -0.2) is 77.6 Å². The van der Waals surface area contributed by atoms with Crippen LogP contribution in [0.15, 0.2) is 0 Å². The van der Waals surface area contributed by atoms with Gasteiger partial charge in [-0.2, -0.15) is 0 Å². The predicted octanol–water partition coefficient (Wildman–Crippen LogP) is 10.9. The van der Waals surface area contributed by atoms with E-state index in [9.17, 15) is 0 Å². The molecule has 0 heterocycles. The zero-order chi connectivity index (χ0) is 42.1. The minimum absolute atomic E-state index is 0.801. The minimum atomic E-state index is -4.33. The average molecular weight is 821 g/mol. The van der Waals surface area contributed by atoms with Crippen molar-refractivity contribution >= 4 is 35.7 Å². The van der Waals surface area contributed by atoms with Crippen molar-refractivity contribution in [1.82, 2.24) is 0 Å². The lowest BCUT2D eigenvalue weighted by Crippen LogP contribution is -2.62.